The predicted octanol–water partition coefficient (Wildman–Crippen LogP) is 11.6. The standard InChI is InChI=1S/C37H25F9O2/c1-2-3-4-5-21-6-8-22(9-7-21)23-10-13-27(29(38)16-23)24-11-14-28(30(39)17-24)25-18-32(41)35(33(42)19-25)37(45,46)48-26-12-15-34(31(40)20-26)47-36(43)44/h2-3,6-20,36H,4-5H2,1H3. The number of benzene rings is 5. The molecule has 5 aromatic rings. The van der Waals surface area contributed by atoms with Gasteiger partial charge in [0.15, 0.2) is 11.6 Å². The molecule has 11 heteroatoms. The van der Waals surface area contributed by atoms with Crippen LogP contribution in [-0.4, -0.2) is 6.61 Å². The summed E-state index contributed by atoms with van der Waals surface area (Å²) >= 11 is 0. The normalized spacial score (nSPS) is 11.8. The van der Waals surface area contributed by atoms with Crippen LogP contribution in [0.1, 0.15) is 24.5 Å². The first-order valence-electron chi connectivity index (χ1n) is 14.5. The molecule has 0 unspecified atom stereocenters. The van der Waals surface area contributed by atoms with Crippen LogP contribution in [0.25, 0.3) is 33.4 Å². The van der Waals surface area contributed by atoms with Crippen LogP contribution in [-0.2, 0) is 12.5 Å². The van der Waals surface area contributed by atoms with Gasteiger partial charge in [-0.3, -0.25) is 0 Å². The molecule has 0 aliphatic heterocycles. The summed E-state index contributed by atoms with van der Waals surface area (Å²) in [5.41, 5.74) is 0.0189. The number of halogens is 9. The summed E-state index contributed by atoms with van der Waals surface area (Å²) in [6, 6.07) is 17.9. The van der Waals surface area contributed by atoms with Gasteiger partial charge in [0.25, 0.3) is 0 Å². The molecule has 5 rings (SSSR count). The fraction of sp³-hybridized carbons (Fsp3) is 0.135. The van der Waals surface area contributed by atoms with E-state index in [0.717, 1.165) is 36.1 Å². The fourth-order valence-electron chi connectivity index (χ4n) is 5.07. The van der Waals surface area contributed by atoms with Gasteiger partial charge in [0.1, 0.15) is 34.6 Å². The van der Waals surface area contributed by atoms with Gasteiger partial charge >= 0.3 is 12.7 Å². The molecule has 0 aliphatic carbocycles. The summed E-state index contributed by atoms with van der Waals surface area (Å²) in [6.07, 6.45) is 1.11. The third-order valence-electron chi connectivity index (χ3n) is 7.38. The van der Waals surface area contributed by atoms with E-state index in [1.54, 1.807) is 6.07 Å². The number of hydrogen-bond donors (Lipinski definition) is 0. The third-order valence-corrected chi connectivity index (χ3v) is 7.38. The third kappa shape index (κ3) is 7.67. The van der Waals surface area contributed by atoms with Crippen LogP contribution in [0.2, 0.25) is 0 Å². The largest absolute Gasteiger partial charge is 0.432 e. The first-order chi connectivity index (χ1) is 22.9. The highest BCUT2D eigenvalue weighted by molar-refractivity contribution is 5.74. The summed E-state index contributed by atoms with van der Waals surface area (Å²) in [4.78, 5) is 0. The topological polar surface area (TPSA) is 18.5 Å². The number of hydrogen-bond acceptors (Lipinski definition) is 2. The van der Waals surface area contributed by atoms with Gasteiger partial charge in [-0.05, 0) is 84.0 Å². The number of ether oxygens (including phenoxy) is 2. The molecule has 0 N–H and O–H groups in total. The Labute approximate surface area is 269 Å². The zero-order valence-electron chi connectivity index (χ0n) is 25.0. The molecule has 0 saturated heterocycles. The Morgan fingerprint density at radius 3 is 1.77 bits per heavy atom. The van der Waals surface area contributed by atoms with Crippen LogP contribution in [0.3, 0.4) is 0 Å². The van der Waals surface area contributed by atoms with Crippen LogP contribution in [0.5, 0.6) is 11.5 Å². The van der Waals surface area contributed by atoms with E-state index in [1.165, 1.54) is 18.2 Å². The Morgan fingerprint density at radius 2 is 1.19 bits per heavy atom. The maximum atomic E-state index is 15.2. The molecule has 48 heavy (non-hydrogen) atoms. The van der Waals surface area contributed by atoms with Crippen LogP contribution in [0, 0.1) is 29.1 Å². The molecule has 248 valence electrons. The summed E-state index contributed by atoms with van der Waals surface area (Å²) in [6.45, 7) is -1.44. The second-order valence-corrected chi connectivity index (χ2v) is 10.6. The predicted molar refractivity (Wildman–Crippen MR) is 163 cm³/mol. The van der Waals surface area contributed by atoms with E-state index in [2.05, 4.69) is 15.5 Å². The van der Waals surface area contributed by atoms with Gasteiger partial charge in [0.2, 0.25) is 0 Å². The van der Waals surface area contributed by atoms with Gasteiger partial charge < -0.3 is 9.47 Å². The SMILES string of the molecule is CC=CCCc1ccc(-c2ccc(-c3ccc(-c4cc(F)c(C(F)(F)Oc5ccc(OC(F)F)c(F)c5)c(F)c4)c(F)c3)c(F)c2)cc1. The number of alkyl halides is 4. The van der Waals surface area contributed by atoms with Crippen LogP contribution < -0.4 is 9.47 Å². The summed E-state index contributed by atoms with van der Waals surface area (Å²) in [5, 5.41) is 0. The van der Waals surface area contributed by atoms with Crippen molar-refractivity contribution in [2.45, 2.75) is 32.5 Å². The molecular weight excluding hydrogens is 647 g/mol. The second kappa shape index (κ2) is 14.3. The van der Waals surface area contributed by atoms with Crippen LogP contribution in [0.15, 0.2) is 103 Å². The fourth-order valence-corrected chi connectivity index (χ4v) is 5.07. The smallest absolute Gasteiger partial charge is 0.432 e. The van der Waals surface area contributed by atoms with Crippen LogP contribution >= 0.6 is 0 Å². The Balaban J connectivity index is 1.35. The van der Waals surface area contributed by atoms with Gasteiger partial charge in [0.05, 0.1) is 0 Å². The van der Waals surface area contributed by atoms with E-state index < -0.39 is 64.4 Å². The minimum atomic E-state index is -4.70. The van der Waals surface area contributed by atoms with Gasteiger partial charge in [-0.1, -0.05) is 60.7 Å². The molecule has 0 aromatic heterocycles. The summed E-state index contributed by atoms with van der Waals surface area (Å²) < 4.78 is 137. The van der Waals surface area contributed by atoms with E-state index in [4.69, 9.17) is 0 Å². The van der Waals surface area contributed by atoms with Gasteiger partial charge in [-0.25, -0.2) is 22.0 Å². The Bertz CT molecular complexity index is 1930. The molecule has 0 heterocycles. The van der Waals surface area contributed by atoms with Crippen LogP contribution in [0.4, 0.5) is 39.5 Å². The van der Waals surface area contributed by atoms with Crippen molar-refractivity contribution in [3.63, 3.8) is 0 Å². The molecular formula is C37H25F9O2. The number of rotatable bonds is 11. The van der Waals surface area contributed by atoms with E-state index >= 15 is 8.78 Å². The Hall–Kier alpha value is -5.19. The minimum Gasteiger partial charge on any atom is -0.432 e. The molecule has 0 amide bonds. The molecule has 0 radical (unpaired) electrons. The maximum Gasteiger partial charge on any atom is 0.432 e. The maximum absolute atomic E-state index is 15.2. The van der Waals surface area contributed by atoms with E-state index in [-0.39, 0.29) is 22.8 Å². The minimum absolute atomic E-state index is 0.0573. The first-order valence-corrected chi connectivity index (χ1v) is 14.5. The zero-order chi connectivity index (χ0) is 34.6. The van der Waals surface area contributed by atoms with Crippen molar-refractivity contribution in [2.24, 2.45) is 0 Å². The lowest BCUT2D eigenvalue weighted by atomic mass is 9.96. The molecule has 0 aliphatic rings. The zero-order valence-corrected chi connectivity index (χ0v) is 25.0. The van der Waals surface area contributed by atoms with Crippen molar-refractivity contribution < 1.29 is 49.0 Å². The lowest BCUT2D eigenvalue weighted by molar-refractivity contribution is -0.189. The average molecular weight is 673 g/mol. The highest BCUT2D eigenvalue weighted by atomic mass is 19.3. The second-order valence-electron chi connectivity index (χ2n) is 10.6. The summed E-state index contributed by atoms with van der Waals surface area (Å²) in [7, 11) is 0. The molecule has 0 atom stereocenters. The van der Waals surface area contributed by atoms with Crippen molar-refractivity contribution >= 4 is 0 Å². The van der Waals surface area contributed by atoms with Crippen molar-refractivity contribution in [1.82, 2.24) is 0 Å². The van der Waals surface area contributed by atoms with E-state index in [1.807, 2.05) is 37.3 Å². The number of allylic oxidation sites excluding steroid dienone is 2. The molecule has 5 aromatic carbocycles. The molecule has 0 fully saturated rings. The van der Waals surface area contributed by atoms with Gasteiger partial charge in [-0.15, -0.1) is 0 Å². The molecule has 0 bridgehead atoms. The van der Waals surface area contributed by atoms with Crippen molar-refractivity contribution in [2.75, 3.05) is 0 Å². The highest BCUT2D eigenvalue weighted by Crippen LogP contribution is 2.39. The van der Waals surface area contributed by atoms with Crippen molar-refractivity contribution in [1.29, 1.82) is 0 Å². The number of aryl methyl sites for hydroxylation is 1. The van der Waals surface area contributed by atoms with Crippen molar-refractivity contribution in [3.05, 3.63) is 143 Å². The van der Waals surface area contributed by atoms with E-state index in [0.29, 0.717) is 29.8 Å². The highest BCUT2D eigenvalue weighted by Gasteiger charge is 2.41. The summed E-state index contributed by atoms with van der Waals surface area (Å²) in [5.74, 6) is -8.69. The molecule has 0 saturated carbocycles. The average Bonchev–Trinajstić information content (AvgIpc) is 3.02. The van der Waals surface area contributed by atoms with Crippen molar-refractivity contribution in [3.8, 4) is 44.9 Å². The Kier molecular flexibility index (Phi) is 10.2. The molecule has 2 nitrogen and oxygen atoms in total. The monoisotopic (exact) mass is 672 g/mol. The quantitative estimate of drug-likeness (QED) is 0.103. The van der Waals surface area contributed by atoms with E-state index in [9.17, 15) is 30.7 Å². The lowest BCUT2D eigenvalue weighted by Crippen LogP contribution is -2.25. The first kappa shape index (κ1) is 34.2. The van der Waals surface area contributed by atoms with Gasteiger partial charge in [-0.2, -0.15) is 17.6 Å². The van der Waals surface area contributed by atoms with Gasteiger partial charge in [0, 0.05) is 17.2 Å². The molecule has 0 spiro atoms. The Morgan fingerprint density at radius 1 is 0.625 bits per heavy atom. The lowest BCUT2D eigenvalue weighted by Gasteiger charge is -2.20.